The minimum absolute atomic E-state index is 0.122. The smallest absolute Gasteiger partial charge is 0.171 e. The van der Waals surface area contributed by atoms with Crippen LogP contribution in [0.15, 0.2) is 0 Å². The molecule has 8 atom stereocenters. The normalized spacial score (nSPS) is 48.0. The van der Waals surface area contributed by atoms with Gasteiger partial charge in [0, 0.05) is 5.92 Å². The van der Waals surface area contributed by atoms with Gasteiger partial charge in [-0.3, -0.25) is 4.79 Å². The van der Waals surface area contributed by atoms with E-state index in [-0.39, 0.29) is 17.9 Å². The summed E-state index contributed by atoms with van der Waals surface area (Å²) in [6.07, 6.45) is 10.2. The molecule has 0 aliphatic heterocycles. The molecule has 1 aromatic rings. The highest BCUT2D eigenvalue weighted by atomic mass is 16.3. The minimum Gasteiger partial charge on any atom is -0.390 e. The third-order valence-corrected chi connectivity index (χ3v) is 10.2. The Kier molecular flexibility index (Phi) is 4.70. The van der Waals surface area contributed by atoms with E-state index in [1.54, 1.807) is 0 Å². The van der Waals surface area contributed by atoms with Crippen molar-refractivity contribution in [3.63, 3.8) is 0 Å². The molecule has 0 radical (unpaired) electrons. The molecule has 0 aromatic carbocycles. The van der Waals surface area contributed by atoms with E-state index in [1.165, 1.54) is 30.5 Å². The summed E-state index contributed by atoms with van der Waals surface area (Å²) in [4.78, 5) is 14.7. The standard InChI is InChI=1S/C24H38N4O2/c1-15-25-27-28(26-15)14-21(29)20-8-7-18-17-6-5-16-13-22(2,30)11-12-23(16,3)19(17)9-10-24(18,20)4/h16-20,30H,5-14H2,1-4H3/t16-,17-,18-,19-,20+,22+,23-,24-/m0/s1. The number of hydrogen-bond acceptors (Lipinski definition) is 5. The van der Waals surface area contributed by atoms with E-state index in [0.29, 0.717) is 28.9 Å². The summed E-state index contributed by atoms with van der Waals surface area (Å²) in [5.41, 5.74) is 0.0206. The van der Waals surface area contributed by atoms with Crippen LogP contribution < -0.4 is 0 Å². The van der Waals surface area contributed by atoms with E-state index in [1.807, 2.05) is 13.8 Å². The summed E-state index contributed by atoms with van der Waals surface area (Å²) in [7, 11) is 0. The average molecular weight is 415 g/mol. The maximum Gasteiger partial charge on any atom is 0.171 e. The van der Waals surface area contributed by atoms with Crippen molar-refractivity contribution in [3.8, 4) is 0 Å². The van der Waals surface area contributed by atoms with Crippen molar-refractivity contribution in [1.29, 1.82) is 0 Å². The van der Waals surface area contributed by atoms with Crippen molar-refractivity contribution >= 4 is 5.78 Å². The summed E-state index contributed by atoms with van der Waals surface area (Å²) in [6.45, 7) is 9.04. The van der Waals surface area contributed by atoms with E-state index >= 15 is 0 Å². The number of ketones is 1. The highest BCUT2D eigenvalue weighted by Crippen LogP contribution is 2.68. The van der Waals surface area contributed by atoms with Crippen molar-refractivity contribution in [2.45, 2.75) is 97.6 Å². The van der Waals surface area contributed by atoms with Crippen LogP contribution in [0.5, 0.6) is 0 Å². The van der Waals surface area contributed by atoms with Gasteiger partial charge in [0.05, 0.1) is 5.60 Å². The molecule has 4 aliphatic carbocycles. The molecular weight excluding hydrogens is 376 g/mol. The first-order valence-corrected chi connectivity index (χ1v) is 12.1. The number of fused-ring (bicyclic) bond motifs is 5. The lowest BCUT2D eigenvalue weighted by atomic mass is 9.44. The lowest BCUT2D eigenvalue weighted by Gasteiger charge is -2.61. The van der Waals surface area contributed by atoms with Gasteiger partial charge in [0.15, 0.2) is 11.6 Å². The molecular formula is C24H38N4O2. The quantitative estimate of drug-likeness (QED) is 0.810. The number of tetrazole rings is 1. The molecule has 4 fully saturated rings. The molecule has 4 aliphatic rings. The van der Waals surface area contributed by atoms with Crippen LogP contribution in [0, 0.1) is 47.3 Å². The second-order valence-corrected chi connectivity index (χ2v) is 11.9. The lowest BCUT2D eigenvalue weighted by Crippen LogP contribution is -2.55. The van der Waals surface area contributed by atoms with Gasteiger partial charge in [-0.15, -0.1) is 10.2 Å². The largest absolute Gasteiger partial charge is 0.390 e. The zero-order valence-corrected chi connectivity index (χ0v) is 19.1. The molecule has 0 bridgehead atoms. The summed E-state index contributed by atoms with van der Waals surface area (Å²) >= 11 is 0. The van der Waals surface area contributed by atoms with Gasteiger partial charge in [-0.2, -0.15) is 4.80 Å². The molecule has 5 rings (SSSR count). The zero-order valence-electron chi connectivity index (χ0n) is 19.1. The Morgan fingerprint density at radius 2 is 1.80 bits per heavy atom. The molecule has 0 spiro atoms. The first kappa shape index (κ1) is 20.6. The third kappa shape index (κ3) is 3.08. The SMILES string of the molecule is Cc1nnn(CC(=O)[C@H]2CC[C@H]3[C@@H]4CC[C@H]5C[C@](C)(O)CC[C@]5(C)[C@H]4CC[C@]23C)n1. The number of hydrogen-bond donors (Lipinski definition) is 1. The molecule has 1 N–H and O–H groups in total. The predicted octanol–water partition coefficient (Wildman–Crippen LogP) is 3.96. The van der Waals surface area contributed by atoms with Gasteiger partial charge in [-0.05, 0) is 111 Å². The number of rotatable bonds is 3. The fourth-order valence-electron chi connectivity index (χ4n) is 8.60. The van der Waals surface area contributed by atoms with Crippen LogP contribution in [0.1, 0.15) is 84.4 Å². The predicted molar refractivity (Wildman–Crippen MR) is 113 cm³/mol. The third-order valence-electron chi connectivity index (χ3n) is 10.2. The summed E-state index contributed by atoms with van der Waals surface area (Å²) in [5, 5.41) is 22.8. The number of aromatic nitrogens is 4. The highest BCUT2D eigenvalue weighted by molar-refractivity contribution is 5.81. The van der Waals surface area contributed by atoms with Gasteiger partial charge >= 0.3 is 0 Å². The van der Waals surface area contributed by atoms with E-state index in [0.717, 1.165) is 43.9 Å². The van der Waals surface area contributed by atoms with Crippen LogP contribution in [-0.4, -0.2) is 36.7 Å². The number of carbonyl (C=O) groups excluding carboxylic acids is 1. The maximum absolute atomic E-state index is 13.3. The van der Waals surface area contributed by atoms with E-state index < -0.39 is 5.60 Å². The van der Waals surface area contributed by atoms with Crippen LogP contribution in [0.4, 0.5) is 0 Å². The number of carbonyl (C=O) groups is 1. The second kappa shape index (κ2) is 6.85. The molecule has 1 heterocycles. The zero-order chi connectivity index (χ0) is 21.3. The molecule has 0 amide bonds. The summed E-state index contributed by atoms with van der Waals surface area (Å²) in [6, 6.07) is 0. The Morgan fingerprint density at radius 1 is 1.03 bits per heavy atom. The number of nitrogens with zero attached hydrogens (tertiary/aromatic N) is 4. The Morgan fingerprint density at radius 3 is 2.53 bits per heavy atom. The fourth-order valence-corrected chi connectivity index (χ4v) is 8.60. The Balaban J connectivity index is 1.34. The molecule has 0 unspecified atom stereocenters. The maximum atomic E-state index is 13.3. The van der Waals surface area contributed by atoms with Crippen molar-refractivity contribution in [2.75, 3.05) is 0 Å². The minimum atomic E-state index is -0.473. The fraction of sp³-hybridized carbons (Fsp3) is 0.917. The van der Waals surface area contributed by atoms with Crippen LogP contribution in [0.25, 0.3) is 0 Å². The van der Waals surface area contributed by atoms with Crippen molar-refractivity contribution in [3.05, 3.63) is 5.82 Å². The van der Waals surface area contributed by atoms with E-state index in [9.17, 15) is 9.90 Å². The van der Waals surface area contributed by atoms with Gasteiger partial charge in [-0.25, -0.2) is 0 Å². The number of Topliss-reactive ketones (excluding diaryl/α,β-unsaturated/α-hetero) is 1. The van der Waals surface area contributed by atoms with Gasteiger partial charge in [0.25, 0.3) is 0 Å². The first-order valence-electron chi connectivity index (χ1n) is 12.1. The van der Waals surface area contributed by atoms with E-state index in [2.05, 4.69) is 29.3 Å². The van der Waals surface area contributed by atoms with Gasteiger partial charge in [-0.1, -0.05) is 13.8 Å². The van der Waals surface area contributed by atoms with Crippen molar-refractivity contribution in [1.82, 2.24) is 20.2 Å². The van der Waals surface area contributed by atoms with Gasteiger partial charge in [0.2, 0.25) is 0 Å². The first-order chi connectivity index (χ1) is 14.1. The van der Waals surface area contributed by atoms with Crippen molar-refractivity contribution < 1.29 is 9.90 Å². The van der Waals surface area contributed by atoms with Crippen LogP contribution >= 0.6 is 0 Å². The second-order valence-electron chi connectivity index (χ2n) is 11.9. The Bertz CT molecular complexity index is 835. The number of aryl methyl sites for hydroxylation is 1. The summed E-state index contributed by atoms with van der Waals surface area (Å²) in [5.74, 6) is 3.88. The highest BCUT2D eigenvalue weighted by Gasteiger charge is 2.61. The average Bonchev–Trinajstić information content (AvgIpc) is 3.24. The molecule has 6 nitrogen and oxygen atoms in total. The van der Waals surface area contributed by atoms with Crippen LogP contribution in [-0.2, 0) is 11.3 Å². The van der Waals surface area contributed by atoms with E-state index in [4.69, 9.17) is 0 Å². The Hall–Kier alpha value is -1.30. The van der Waals surface area contributed by atoms with Crippen molar-refractivity contribution in [2.24, 2.45) is 40.4 Å². The molecule has 30 heavy (non-hydrogen) atoms. The van der Waals surface area contributed by atoms with Gasteiger partial charge in [0.1, 0.15) is 6.54 Å². The summed E-state index contributed by atoms with van der Waals surface area (Å²) < 4.78 is 0. The molecule has 1 aromatic heterocycles. The number of aliphatic hydroxyl groups is 1. The van der Waals surface area contributed by atoms with Crippen LogP contribution in [0.2, 0.25) is 0 Å². The van der Waals surface area contributed by atoms with Gasteiger partial charge < -0.3 is 5.11 Å². The molecule has 166 valence electrons. The lowest BCUT2D eigenvalue weighted by molar-refractivity contribution is -0.151. The Labute approximate surface area is 180 Å². The molecule has 0 saturated heterocycles. The molecule has 6 heteroatoms. The topological polar surface area (TPSA) is 80.9 Å². The van der Waals surface area contributed by atoms with Crippen LogP contribution in [0.3, 0.4) is 0 Å². The molecule has 4 saturated carbocycles. The monoisotopic (exact) mass is 414 g/mol.